The second kappa shape index (κ2) is 5.67. The third-order valence-corrected chi connectivity index (χ3v) is 7.99. The number of hydrogen-bond donors (Lipinski definition) is 2. The number of carbonyl (C=O) groups excluding carboxylic acids is 3. The third-order valence-electron chi connectivity index (χ3n) is 7.99. The average molecular weight is 376 g/mol. The number of ketones is 3. The summed E-state index contributed by atoms with van der Waals surface area (Å²) in [5.74, 6) is -2.01. The number of alkyl halides is 1. The van der Waals surface area contributed by atoms with Crippen LogP contribution in [-0.4, -0.2) is 45.9 Å². The van der Waals surface area contributed by atoms with Crippen molar-refractivity contribution in [3.63, 3.8) is 0 Å². The molecule has 4 aliphatic rings. The molecule has 4 aliphatic carbocycles. The number of halogens is 1. The molecule has 0 spiro atoms. The van der Waals surface area contributed by atoms with E-state index in [9.17, 15) is 24.6 Å². The van der Waals surface area contributed by atoms with Crippen LogP contribution in [-0.2, 0) is 14.4 Å². The molecule has 2 N–H and O–H groups in total. The van der Waals surface area contributed by atoms with Crippen LogP contribution in [0.15, 0.2) is 23.8 Å². The molecule has 0 aromatic carbocycles. The van der Waals surface area contributed by atoms with Crippen molar-refractivity contribution in [3.05, 3.63) is 23.8 Å². The predicted octanol–water partition coefficient (Wildman–Crippen LogP) is 1.71. The SMILES string of the molecule is C[C@]12C=CC(=O)C=C1C(F)C[C@@H]1[C@@H]2C(=O)C[C@@]2(C)[C@H]1CC[C@]2(O)C(=O)CO. The van der Waals surface area contributed by atoms with Crippen LogP contribution in [0.2, 0.25) is 0 Å². The summed E-state index contributed by atoms with van der Waals surface area (Å²) in [6.45, 7) is 2.77. The van der Waals surface area contributed by atoms with Crippen LogP contribution in [0.4, 0.5) is 4.39 Å². The lowest BCUT2D eigenvalue weighted by Gasteiger charge is -2.57. The van der Waals surface area contributed by atoms with E-state index < -0.39 is 40.9 Å². The summed E-state index contributed by atoms with van der Waals surface area (Å²) in [4.78, 5) is 37.3. The Balaban J connectivity index is 1.79. The number of rotatable bonds is 2. The molecule has 0 radical (unpaired) electrons. The Bertz CT molecular complexity index is 800. The average Bonchev–Trinajstić information content (AvgIpc) is 2.87. The van der Waals surface area contributed by atoms with Crippen LogP contribution in [0, 0.1) is 28.6 Å². The maximum absolute atomic E-state index is 15.1. The first-order valence-electron chi connectivity index (χ1n) is 9.57. The molecular weight excluding hydrogens is 351 g/mol. The summed E-state index contributed by atoms with van der Waals surface area (Å²) in [5, 5.41) is 20.4. The van der Waals surface area contributed by atoms with Gasteiger partial charge in [0, 0.05) is 23.2 Å². The van der Waals surface area contributed by atoms with Gasteiger partial charge in [-0.1, -0.05) is 19.9 Å². The van der Waals surface area contributed by atoms with Gasteiger partial charge in [-0.25, -0.2) is 4.39 Å². The van der Waals surface area contributed by atoms with Gasteiger partial charge in [0.1, 0.15) is 24.2 Å². The minimum atomic E-state index is -1.76. The number of carbonyl (C=O) groups is 3. The van der Waals surface area contributed by atoms with E-state index in [0.29, 0.717) is 12.0 Å². The van der Waals surface area contributed by atoms with Gasteiger partial charge in [-0.15, -0.1) is 0 Å². The molecule has 3 saturated carbocycles. The minimum absolute atomic E-state index is 0.0165. The van der Waals surface area contributed by atoms with Gasteiger partial charge in [-0.3, -0.25) is 14.4 Å². The molecule has 0 amide bonds. The highest BCUT2D eigenvalue weighted by Gasteiger charge is 2.69. The van der Waals surface area contributed by atoms with Gasteiger partial charge in [0.05, 0.1) is 0 Å². The quantitative estimate of drug-likeness (QED) is 0.766. The second-order valence-electron chi connectivity index (χ2n) is 9.11. The first-order valence-corrected chi connectivity index (χ1v) is 9.57. The summed E-state index contributed by atoms with van der Waals surface area (Å²) in [6, 6.07) is 0. The number of aliphatic hydroxyl groups excluding tert-OH is 1. The highest BCUT2D eigenvalue weighted by molar-refractivity contribution is 6.02. The van der Waals surface area contributed by atoms with Crippen LogP contribution in [0.3, 0.4) is 0 Å². The molecule has 0 saturated heterocycles. The largest absolute Gasteiger partial charge is 0.388 e. The van der Waals surface area contributed by atoms with E-state index in [-0.39, 0.29) is 42.7 Å². The smallest absolute Gasteiger partial charge is 0.190 e. The summed E-state index contributed by atoms with van der Waals surface area (Å²) in [6.07, 6.45) is 3.87. The lowest BCUT2D eigenvalue weighted by atomic mass is 9.46. The topological polar surface area (TPSA) is 91.7 Å². The molecule has 0 aromatic rings. The van der Waals surface area contributed by atoms with E-state index in [4.69, 9.17) is 0 Å². The van der Waals surface area contributed by atoms with Crippen LogP contribution in [0.5, 0.6) is 0 Å². The van der Waals surface area contributed by atoms with E-state index in [0.717, 1.165) is 0 Å². The Morgan fingerprint density at radius 2 is 2.04 bits per heavy atom. The van der Waals surface area contributed by atoms with Crippen molar-refractivity contribution in [3.8, 4) is 0 Å². The molecule has 0 heterocycles. The fourth-order valence-corrected chi connectivity index (χ4v) is 6.64. The van der Waals surface area contributed by atoms with E-state index >= 15 is 4.39 Å². The Labute approximate surface area is 157 Å². The van der Waals surface area contributed by atoms with Gasteiger partial charge in [-0.2, -0.15) is 0 Å². The van der Waals surface area contributed by atoms with Crippen molar-refractivity contribution in [2.75, 3.05) is 6.61 Å². The molecule has 27 heavy (non-hydrogen) atoms. The lowest BCUT2D eigenvalue weighted by molar-refractivity contribution is -0.169. The van der Waals surface area contributed by atoms with Gasteiger partial charge in [0.25, 0.3) is 0 Å². The molecule has 4 rings (SSSR count). The van der Waals surface area contributed by atoms with Crippen molar-refractivity contribution in [1.29, 1.82) is 0 Å². The zero-order valence-corrected chi connectivity index (χ0v) is 15.6. The number of fused-ring (bicyclic) bond motifs is 5. The maximum atomic E-state index is 15.1. The van der Waals surface area contributed by atoms with E-state index in [1.165, 1.54) is 12.2 Å². The molecular formula is C21H25FO5. The zero-order chi connectivity index (χ0) is 19.8. The molecule has 3 fully saturated rings. The molecule has 0 aromatic heterocycles. The van der Waals surface area contributed by atoms with Crippen LogP contribution in [0.1, 0.15) is 39.5 Å². The van der Waals surface area contributed by atoms with E-state index in [1.54, 1.807) is 13.0 Å². The Morgan fingerprint density at radius 1 is 1.33 bits per heavy atom. The number of aliphatic hydroxyl groups is 2. The van der Waals surface area contributed by atoms with Gasteiger partial charge in [0.2, 0.25) is 0 Å². The predicted molar refractivity (Wildman–Crippen MR) is 94.3 cm³/mol. The molecule has 7 atom stereocenters. The van der Waals surface area contributed by atoms with Gasteiger partial charge in [-0.05, 0) is 48.8 Å². The van der Waals surface area contributed by atoms with Crippen molar-refractivity contribution in [2.24, 2.45) is 28.6 Å². The minimum Gasteiger partial charge on any atom is -0.388 e. The Morgan fingerprint density at radius 3 is 2.70 bits per heavy atom. The molecule has 1 unspecified atom stereocenters. The monoisotopic (exact) mass is 376 g/mol. The summed E-state index contributed by atoms with van der Waals surface area (Å²) >= 11 is 0. The summed E-state index contributed by atoms with van der Waals surface area (Å²) in [5.41, 5.74) is -3.24. The molecule has 5 nitrogen and oxygen atoms in total. The van der Waals surface area contributed by atoms with Crippen LogP contribution in [0.25, 0.3) is 0 Å². The maximum Gasteiger partial charge on any atom is 0.190 e. The standard InChI is InChI=1S/C21H25FO5/c1-19-5-3-11(24)7-14(19)15(22)8-12-13-4-6-21(27,17(26)10-23)20(13,2)9-16(25)18(12)19/h3,5,7,12-13,15,18,23,27H,4,6,8-10H2,1-2H3/t12-,13-,15?,18+,19-,20-,21-/m0/s1. The van der Waals surface area contributed by atoms with Crippen molar-refractivity contribution < 1.29 is 29.0 Å². The molecule has 146 valence electrons. The normalized spacial score (nSPS) is 48.6. The number of allylic oxidation sites excluding steroid dienone is 4. The highest BCUT2D eigenvalue weighted by atomic mass is 19.1. The van der Waals surface area contributed by atoms with Crippen molar-refractivity contribution in [1.82, 2.24) is 0 Å². The third kappa shape index (κ3) is 2.20. The van der Waals surface area contributed by atoms with Crippen molar-refractivity contribution in [2.45, 2.75) is 51.3 Å². The van der Waals surface area contributed by atoms with E-state index in [2.05, 4.69) is 0 Å². The Kier molecular flexibility index (Phi) is 3.93. The molecule has 0 aliphatic heterocycles. The first-order chi connectivity index (χ1) is 12.6. The molecule has 6 heteroatoms. The van der Waals surface area contributed by atoms with E-state index in [1.807, 2.05) is 6.92 Å². The summed E-state index contributed by atoms with van der Waals surface area (Å²) < 4.78 is 15.1. The first kappa shape index (κ1) is 18.7. The zero-order valence-electron chi connectivity index (χ0n) is 15.6. The van der Waals surface area contributed by atoms with Crippen molar-refractivity contribution >= 4 is 17.3 Å². The fourth-order valence-electron chi connectivity index (χ4n) is 6.64. The molecule has 0 bridgehead atoms. The van der Waals surface area contributed by atoms with Gasteiger partial charge >= 0.3 is 0 Å². The number of Topliss-reactive ketones (excluding diaryl/α,β-unsaturated/α-hetero) is 2. The number of hydrogen-bond acceptors (Lipinski definition) is 5. The lowest BCUT2D eigenvalue weighted by Crippen LogP contribution is -2.61. The fraction of sp³-hybridized carbons (Fsp3) is 0.667. The summed E-state index contributed by atoms with van der Waals surface area (Å²) in [7, 11) is 0. The van der Waals surface area contributed by atoms with Gasteiger partial charge in [0.15, 0.2) is 11.6 Å². The second-order valence-corrected chi connectivity index (χ2v) is 9.11. The van der Waals surface area contributed by atoms with Crippen LogP contribution < -0.4 is 0 Å². The van der Waals surface area contributed by atoms with Gasteiger partial charge < -0.3 is 10.2 Å². The Hall–Kier alpha value is -1.66. The van der Waals surface area contributed by atoms with Crippen LogP contribution >= 0.6 is 0 Å². The highest BCUT2D eigenvalue weighted by Crippen LogP contribution is 2.66.